The molecule has 0 fully saturated rings. The molecule has 0 radical (unpaired) electrons. The van der Waals surface area contributed by atoms with E-state index in [9.17, 15) is 39.0 Å². The number of rotatable bonds is 12. The van der Waals surface area contributed by atoms with Crippen molar-refractivity contribution in [2.24, 2.45) is 0 Å². The first kappa shape index (κ1) is 25.0. The molecule has 0 N–H and O–H groups in total. The van der Waals surface area contributed by atoms with Crippen LogP contribution < -0.4 is 10.2 Å². The summed E-state index contributed by atoms with van der Waals surface area (Å²) in [7, 11) is 0. The molecule has 10 nitrogen and oxygen atoms in total. The second kappa shape index (κ2) is 10.3. The SMILES string of the molecule is O=C([O-])CCCCCN1C(=O)c2ccc3c4c(ccc(c24)C1=O)C(=O)N(CCCCCC(=O)[O-])C3=O. The zero-order valence-electron chi connectivity index (χ0n) is 19.5. The molecule has 2 aliphatic heterocycles. The highest BCUT2D eigenvalue weighted by Gasteiger charge is 2.39. The lowest BCUT2D eigenvalue weighted by atomic mass is 9.86. The van der Waals surface area contributed by atoms with E-state index < -0.39 is 35.6 Å². The van der Waals surface area contributed by atoms with Crippen molar-refractivity contribution in [2.75, 3.05) is 13.1 Å². The van der Waals surface area contributed by atoms with Crippen LogP contribution in [0.5, 0.6) is 0 Å². The molecular weight excluding hydrogens is 468 g/mol. The number of hydrogen-bond acceptors (Lipinski definition) is 8. The minimum absolute atomic E-state index is 0.0888. The lowest BCUT2D eigenvalue weighted by molar-refractivity contribution is -0.307. The molecule has 188 valence electrons. The molecule has 2 aromatic carbocycles. The largest absolute Gasteiger partial charge is 0.550 e. The fraction of sp³-hybridized carbons (Fsp3) is 0.385. The smallest absolute Gasteiger partial charge is 0.261 e. The fourth-order valence-corrected chi connectivity index (χ4v) is 4.81. The van der Waals surface area contributed by atoms with Gasteiger partial charge in [-0.2, -0.15) is 0 Å². The molecule has 2 aliphatic rings. The molecule has 10 heteroatoms. The molecular formula is C26H24N2O8-2. The van der Waals surface area contributed by atoms with Gasteiger partial charge in [-0.15, -0.1) is 0 Å². The van der Waals surface area contributed by atoms with Gasteiger partial charge in [0.2, 0.25) is 0 Å². The fourth-order valence-electron chi connectivity index (χ4n) is 4.81. The second-order valence-corrected chi connectivity index (χ2v) is 8.96. The number of aliphatic carboxylic acids is 2. The van der Waals surface area contributed by atoms with E-state index in [1.165, 1.54) is 24.3 Å². The van der Waals surface area contributed by atoms with E-state index in [2.05, 4.69) is 0 Å². The van der Waals surface area contributed by atoms with Crippen LogP contribution in [0, 0.1) is 0 Å². The number of imide groups is 2. The van der Waals surface area contributed by atoms with Crippen LogP contribution in [0.4, 0.5) is 0 Å². The molecule has 2 heterocycles. The highest BCUT2D eigenvalue weighted by Crippen LogP contribution is 2.38. The second-order valence-electron chi connectivity index (χ2n) is 8.96. The number of hydrogen-bond donors (Lipinski definition) is 0. The predicted octanol–water partition coefficient (Wildman–Crippen LogP) is 0.652. The molecule has 36 heavy (non-hydrogen) atoms. The molecule has 0 spiro atoms. The Bertz CT molecular complexity index is 1130. The summed E-state index contributed by atoms with van der Waals surface area (Å²) in [6, 6.07) is 5.98. The van der Waals surface area contributed by atoms with Crippen molar-refractivity contribution in [3.63, 3.8) is 0 Å². The first-order valence-corrected chi connectivity index (χ1v) is 11.9. The molecule has 4 rings (SSSR count). The number of carbonyl (C=O) groups excluding carboxylic acids is 6. The van der Waals surface area contributed by atoms with Gasteiger partial charge >= 0.3 is 0 Å². The maximum atomic E-state index is 13.2. The van der Waals surface area contributed by atoms with E-state index in [0.29, 0.717) is 49.3 Å². The Kier molecular flexibility index (Phi) is 7.14. The van der Waals surface area contributed by atoms with Crippen LogP contribution in [0.2, 0.25) is 0 Å². The third-order valence-corrected chi connectivity index (χ3v) is 6.59. The normalized spacial score (nSPS) is 14.7. The Labute approximate surface area is 206 Å². The average molecular weight is 492 g/mol. The molecule has 0 aromatic heterocycles. The number of unbranched alkanes of at least 4 members (excludes halogenated alkanes) is 4. The lowest BCUT2D eigenvalue weighted by Crippen LogP contribution is -2.43. The minimum atomic E-state index is -1.15. The Hall–Kier alpha value is -4.08. The topological polar surface area (TPSA) is 155 Å². The van der Waals surface area contributed by atoms with Crippen molar-refractivity contribution in [3.8, 4) is 0 Å². The lowest BCUT2D eigenvalue weighted by Gasteiger charge is -2.32. The van der Waals surface area contributed by atoms with Crippen molar-refractivity contribution in [1.29, 1.82) is 0 Å². The number of carboxylic acid groups (broad SMARTS) is 2. The summed E-state index contributed by atoms with van der Waals surface area (Å²) in [5, 5.41) is 21.7. The van der Waals surface area contributed by atoms with Crippen LogP contribution in [0.15, 0.2) is 24.3 Å². The Morgan fingerprint density at radius 2 is 0.833 bits per heavy atom. The zero-order valence-corrected chi connectivity index (χ0v) is 19.5. The van der Waals surface area contributed by atoms with Crippen molar-refractivity contribution in [3.05, 3.63) is 46.5 Å². The van der Waals surface area contributed by atoms with E-state index in [1.807, 2.05) is 0 Å². The summed E-state index contributed by atoms with van der Waals surface area (Å²) in [4.78, 5) is 76.0. The molecule has 0 aliphatic carbocycles. The summed E-state index contributed by atoms with van der Waals surface area (Å²) in [5.41, 5.74) is 0.931. The summed E-state index contributed by atoms with van der Waals surface area (Å²) in [6.07, 6.45) is 2.49. The highest BCUT2D eigenvalue weighted by atomic mass is 16.4. The van der Waals surface area contributed by atoms with Crippen LogP contribution in [0.3, 0.4) is 0 Å². The van der Waals surface area contributed by atoms with Crippen molar-refractivity contribution >= 4 is 46.3 Å². The standard InChI is InChI=1S/C26H26N2O8/c29-19(30)7-3-1-5-13-27-23(33)15-9-11-17-22-18(12-10-16(21(15)22)24(27)34)26(36)28(25(17)35)14-6-2-4-8-20(31)32/h9-12H,1-8,13-14H2,(H,29,30)(H,31,32)/p-2. The van der Waals surface area contributed by atoms with Gasteiger partial charge in [0.25, 0.3) is 23.6 Å². The first-order chi connectivity index (χ1) is 17.2. The molecule has 0 saturated carbocycles. The van der Waals surface area contributed by atoms with E-state index >= 15 is 0 Å². The van der Waals surface area contributed by atoms with E-state index in [4.69, 9.17) is 0 Å². The number of amides is 4. The molecule has 4 amide bonds. The van der Waals surface area contributed by atoms with Crippen molar-refractivity contribution in [2.45, 2.75) is 51.4 Å². The van der Waals surface area contributed by atoms with Gasteiger partial charge < -0.3 is 19.8 Å². The van der Waals surface area contributed by atoms with Crippen LogP contribution in [0.1, 0.15) is 92.8 Å². The van der Waals surface area contributed by atoms with Crippen LogP contribution in [0.25, 0.3) is 10.8 Å². The molecule has 0 bridgehead atoms. The molecule has 0 saturated heterocycles. The third-order valence-electron chi connectivity index (χ3n) is 6.59. The maximum Gasteiger partial charge on any atom is 0.261 e. The monoisotopic (exact) mass is 492 g/mol. The van der Waals surface area contributed by atoms with Gasteiger partial charge in [-0.3, -0.25) is 29.0 Å². The van der Waals surface area contributed by atoms with E-state index in [1.54, 1.807) is 0 Å². The van der Waals surface area contributed by atoms with Gasteiger partial charge in [0, 0.05) is 58.1 Å². The van der Waals surface area contributed by atoms with Crippen molar-refractivity contribution < 1.29 is 39.0 Å². The van der Waals surface area contributed by atoms with Crippen LogP contribution in [-0.4, -0.2) is 58.5 Å². The first-order valence-electron chi connectivity index (χ1n) is 11.9. The summed E-state index contributed by atoms with van der Waals surface area (Å²) < 4.78 is 0. The van der Waals surface area contributed by atoms with Gasteiger partial charge in [0.1, 0.15) is 0 Å². The van der Waals surface area contributed by atoms with E-state index in [0.717, 1.165) is 9.80 Å². The van der Waals surface area contributed by atoms with E-state index in [-0.39, 0.29) is 48.2 Å². The molecule has 0 unspecified atom stereocenters. The van der Waals surface area contributed by atoms with Gasteiger partial charge in [-0.25, -0.2) is 0 Å². The summed E-state index contributed by atoms with van der Waals surface area (Å²) >= 11 is 0. The summed E-state index contributed by atoms with van der Waals surface area (Å²) in [6.45, 7) is 0.247. The Morgan fingerprint density at radius 1 is 0.528 bits per heavy atom. The van der Waals surface area contributed by atoms with Gasteiger partial charge in [-0.1, -0.05) is 12.8 Å². The van der Waals surface area contributed by atoms with Gasteiger partial charge in [0.05, 0.1) is 0 Å². The highest BCUT2D eigenvalue weighted by molar-refractivity contribution is 6.33. The summed E-state index contributed by atoms with van der Waals surface area (Å²) in [5.74, 6) is -4.38. The number of carboxylic acids is 2. The molecule has 0 atom stereocenters. The van der Waals surface area contributed by atoms with Gasteiger partial charge in [0.15, 0.2) is 0 Å². The van der Waals surface area contributed by atoms with Crippen molar-refractivity contribution in [1.82, 2.24) is 9.80 Å². The number of benzene rings is 2. The Morgan fingerprint density at radius 3 is 1.11 bits per heavy atom. The van der Waals surface area contributed by atoms with Gasteiger partial charge in [-0.05, 0) is 62.8 Å². The minimum Gasteiger partial charge on any atom is -0.550 e. The quantitative estimate of drug-likeness (QED) is 0.309. The predicted molar refractivity (Wildman–Crippen MR) is 122 cm³/mol. The third kappa shape index (κ3) is 4.58. The molecule has 2 aromatic rings. The number of nitrogens with zero attached hydrogens (tertiary/aromatic N) is 2. The van der Waals surface area contributed by atoms with Crippen LogP contribution >= 0.6 is 0 Å². The number of carbonyl (C=O) groups is 6. The zero-order chi connectivity index (χ0) is 26.0. The maximum absolute atomic E-state index is 13.2. The Balaban J connectivity index is 1.57. The van der Waals surface area contributed by atoms with Crippen LogP contribution in [-0.2, 0) is 9.59 Å². The average Bonchev–Trinajstić information content (AvgIpc) is 2.84.